The third-order valence-electron chi connectivity index (χ3n) is 4.29. The number of nitrogens with zero attached hydrogens (tertiary/aromatic N) is 3. The monoisotopic (exact) mass is 497 g/mol. The molecule has 0 N–H and O–H groups in total. The van der Waals surface area contributed by atoms with Crippen LogP contribution in [0.25, 0.3) is 0 Å². The molecule has 1 aromatic heterocycles. The predicted molar refractivity (Wildman–Crippen MR) is 84.7 cm³/mol. The first-order valence-electron chi connectivity index (χ1n) is 8.05. The van der Waals surface area contributed by atoms with Crippen molar-refractivity contribution < 1.29 is 152 Å². The van der Waals surface area contributed by atoms with Crippen molar-refractivity contribution in [3.05, 3.63) is 23.5 Å². The van der Waals surface area contributed by atoms with Crippen LogP contribution in [0.4, 0.5) is 0 Å². The van der Waals surface area contributed by atoms with Crippen molar-refractivity contribution in [3.8, 4) is 0 Å². The molecular formula is C14H21N3Na4O7P2. The summed E-state index contributed by atoms with van der Waals surface area (Å²) in [4.78, 5) is 44.1. The topological polar surface area (TPSA) is 170 Å². The Morgan fingerprint density at radius 1 is 1.20 bits per heavy atom. The Morgan fingerprint density at radius 2 is 1.73 bits per heavy atom. The van der Waals surface area contributed by atoms with E-state index in [1.807, 2.05) is 20.8 Å². The first kappa shape index (κ1) is 37.7. The van der Waals surface area contributed by atoms with Crippen molar-refractivity contribution in [2.24, 2.45) is 0 Å². The van der Waals surface area contributed by atoms with Gasteiger partial charge in [0.1, 0.15) is 6.10 Å². The van der Waals surface area contributed by atoms with E-state index >= 15 is 0 Å². The molecule has 10 nitrogen and oxygen atoms in total. The summed E-state index contributed by atoms with van der Waals surface area (Å²) in [6, 6.07) is 0. The van der Waals surface area contributed by atoms with Crippen molar-refractivity contribution in [1.82, 2.24) is 15.0 Å². The molecule has 1 fully saturated rings. The molecule has 0 unspecified atom stereocenters. The van der Waals surface area contributed by atoms with Crippen LogP contribution in [0.15, 0.2) is 17.8 Å². The maximum atomic E-state index is 11.0. The number of allylic oxidation sites excluding steroid dienone is 2. The zero-order chi connectivity index (χ0) is 19.8. The van der Waals surface area contributed by atoms with E-state index in [0.717, 1.165) is 12.8 Å². The molecular weight excluding hydrogens is 476 g/mol. The number of hydrogen-bond donors (Lipinski definition) is 0. The van der Waals surface area contributed by atoms with Gasteiger partial charge in [0.15, 0.2) is 0 Å². The number of rotatable bonds is 9. The molecule has 2 rings (SSSR count). The molecule has 2 atom stereocenters. The van der Waals surface area contributed by atoms with Gasteiger partial charge in [-0.05, 0) is 33.6 Å². The average Bonchev–Trinajstić information content (AvgIpc) is 2.88. The van der Waals surface area contributed by atoms with Gasteiger partial charge in [-0.1, -0.05) is 32.1 Å². The molecule has 0 bridgehead atoms. The van der Waals surface area contributed by atoms with Crippen molar-refractivity contribution in [1.29, 1.82) is 0 Å². The van der Waals surface area contributed by atoms with E-state index in [1.54, 1.807) is 0 Å². The molecule has 0 aromatic carbocycles. The minimum atomic E-state index is -5.61. The summed E-state index contributed by atoms with van der Waals surface area (Å²) in [5.74, 6) is 0. The molecule has 1 aliphatic rings. The second kappa shape index (κ2) is 15.3. The second-order valence-electron chi connectivity index (χ2n) is 6.94. The van der Waals surface area contributed by atoms with Crippen LogP contribution in [0, 0.1) is 0 Å². The van der Waals surface area contributed by atoms with Crippen LogP contribution in [-0.2, 0) is 26.8 Å². The number of epoxide rings is 1. The molecule has 1 aliphatic heterocycles. The minimum Gasteiger partial charge on any atom is -0.810 e. The van der Waals surface area contributed by atoms with Crippen LogP contribution in [0.3, 0.4) is 0 Å². The summed E-state index contributed by atoms with van der Waals surface area (Å²) in [6.45, 7) is 6.36. The molecule has 1 saturated heterocycles. The van der Waals surface area contributed by atoms with Crippen LogP contribution in [-0.4, -0.2) is 32.1 Å². The van der Waals surface area contributed by atoms with E-state index in [1.165, 1.54) is 16.5 Å². The van der Waals surface area contributed by atoms with Gasteiger partial charge < -0.3 is 33.4 Å². The Kier molecular flexibility index (Phi) is 19.2. The van der Waals surface area contributed by atoms with Gasteiger partial charge >= 0.3 is 118 Å². The maximum absolute atomic E-state index is 11.0. The summed E-state index contributed by atoms with van der Waals surface area (Å²) < 4.78 is 29.1. The quantitative estimate of drug-likeness (QED) is 0.139. The van der Waals surface area contributed by atoms with E-state index in [-0.39, 0.29) is 136 Å². The molecule has 0 radical (unpaired) electrons. The minimum absolute atomic E-state index is 0. The molecule has 1 aromatic rings. The van der Waals surface area contributed by atoms with Crippen molar-refractivity contribution >= 4 is 15.2 Å². The molecule has 2 heterocycles. The van der Waals surface area contributed by atoms with Crippen LogP contribution < -0.4 is 138 Å². The van der Waals surface area contributed by atoms with Crippen LogP contribution in [0.5, 0.6) is 0 Å². The Labute approximate surface area is 265 Å². The molecule has 30 heavy (non-hydrogen) atoms. The summed E-state index contributed by atoms with van der Waals surface area (Å²) in [7, 11) is -11.2. The summed E-state index contributed by atoms with van der Waals surface area (Å²) in [5.41, 5.74) is 0.880. The third-order valence-corrected chi connectivity index (χ3v) is 7.81. The fourth-order valence-corrected chi connectivity index (χ4v) is 4.87. The predicted octanol–water partition coefficient (Wildman–Crippen LogP) is -13.1. The summed E-state index contributed by atoms with van der Waals surface area (Å²) >= 11 is 0. The van der Waals surface area contributed by atoms with Crippen LogP contribution in [0.2, 0.25) is 0 Å². The first-order chi connectivity index (χ1) is 11.8. The van der Waals surface area contributed by atoms with E-state index in [2.05, 4.69) is 16.4 Å². The average molecular weight is 497 g/mol. The van der Waals surface area contributed by atoms with Gasteiger partial charge in [-0.25, -0.2) is 4.68 Å². The van der Waals surface area contributed by atoms with Gasteiger partial charge in [-0.15, -0.1) is 5.10 Å². The SMILES string of the molecule is CC(C)=CCC[C@]1(C)O[C@@H]1Cn1cc(CC(P(=O)([O-])[O-])P(=O)([O-])[O-])nn1.[Na+].[Na+].[Na+].[Na+]. The van der Waals surface area contributed by atoms with Crippen LogP contribution in [0.1, 0.15) is 39.3 Å². The van der Waals surface area contributed by atoms with E-state index < -0.39 is 27.0 Å². The molecule has 0 amide bonds. The number of aromatic nitrogens is 3. The van der Waals surface area contributed by atoms with Gasteiger partial charge in [-0.2, -0.15) is 0 Å². The van der Waals surface area contributed by atoms with Gasteiger partial charge in [0.05, 0.1) is 17.8 Å². The summed E-state index contributed by atoms with van der Waals surface area (Å²) in [5, 5.41) is 4.86. The van der Waals surface area contributed by atoms with E-state index in [4.69, 9.17) is 4.74 Å². The molecule has 148 valence electrons. The smallest absolute Gasteiger partial charge is 0.810 e. The van der Waals surface area contributed by atoms with Crippen molar-refractivity contribution in [2.45, 2.75) is 63.7 Å². The van der Waals surface area contributed by atoms with Gasteiger partial charge in [0.25, 0.3) is 0 Å². The normalized spacial score (nSPS) is 20.2. The standard InChI is InChI=1S/C14H25N3O7P2.4Na/c1-10(2)5-4-6-14(3)12(24-14)9-17-8-11(15-16-17)7-13(25(18,19)20)26(21,22)23;;;;/h5,8,12-13H,4,6-7,9H2,1-3H3,(H2,18,19,20)(H2,21,22,23);;;;/q;4*+1/p-4/t12-,14+;;;;/m1..../s1. The van der Waals surface area contributed by atoms with Gasteiger partial charge in [0.2, 0.25) is 0 Å². The summed E-state index contributed by atoms with van der Waals surface area (Å²) in [6.07, 6.45) is 4.23. The Morgan fingerprint density at radius 3 is 2.20 bits per heavy atom. The zero-order valence-corrected chi connectivity index (χ0v) is 28.5. The number of hydrogen-bond acceptors (Lipinski definition) is 9. The number of ether oxygens (including phenoxy) is 1. The molecule has 0 spiro atoms. The van der Waals surface area contributed by atoms with Crippen LogP contribution >= 0.6 is 15.2 Å². The van der Waals surface area contributed by atoms with Crippen molar-refractivity contribution in [2.75, 3.05) is 0 Å². The fraction of sp³-hybridized carbons (Fsp3) is 0.714. The Bertz CT molecular complexity index is 759. The van der Waals surface area contributed by atoms with Gasteiger partial charge in [-0.3, -0.25) is 0 Å². The Hall–Kier alpha value is 3.14. The maximum Gasteiger partial charge on any atom is 1.00 e. The van der Waals surface area contributed by atoms with Crippen molar-refractivity contribution in [3.63, 3.8) is 0 Å². The third kappa shape index (κ3) is 12.2. The van der Waals surface area contributed by atoms with E-state index in [0.29, 0.717) is 6.54 Å². The molecule has 0 saturated carbocycles. The fourth-order valence-electron chi connectivity index (χ4n) is 2.66. The second-order valence-corrected chi connectivity index (χ2v) is 10.7. The first-order valence-corrected chi connectivity index (χ1v) is 11.3. The Balaban J connectivity index is -0.00000182. The largest absolute Gasteiger partial charge is 1.00 e. The molecule has 16 heteroatoms. The molecule has 0 aliphatic carbocycles. The zero-order valence-electron chi connectivity index (χ0n) is 18.7. The van der Waals surface area contributed by atoms with E-state index in [9.17, 15) is 28.7 Å². The van der Waals surface area contributed by atoms with Gasteiger partial charge in [0, 0.05) is 18.0 Å².